The van der Waals surface area contributed by atoms with E-state index in [1.807, 2.05) is 19.1 Å². The number of hydrogen-bond donors (Lipinski definition) is 2. The van der Waals surface area contributed by atoms with Gasteiger partial charge in [0.2, 0.25) is 0 Å². The standard InChI is InChI=1S/C18H20N2O5/c1-2-24-16-10-14(18(23)20-9-7-17(21)22)5-6-15(16)25-12-13-4-3-8-19-11-13/h3-6,8,10-11H,2,7,9,12H2,1H3,(H,20,23)(H,21,22). The van der Waals surface area contributed by atoms with Crippen LogP contribution in [0.2, 0.25) is 0 Å². The molecule has 2 N–H and O–H groups in total. The molecule has 7 heteroatoms. The summed E-state index contributed by atoms with van der Waals surface area (Å²) in [5, 5.41) is 11.2. The lowest BCUT2D eigenvalue weighted by atomic mass is 10.2. The summed E-state index contributed by atoms with van der Waals surface area (Å²) in [6.07, 6.45) is 3.27. The zero-order valence-electron chi connectivity index (χ0n) is 13.9. The van der Waals surface area contributed by atoms with E-state index in [2.05, 4.69) is 10.3 Å². The number of amides is 1. The number of aliphatic carboxylic acids is 1. The summed E-state index contributed by atoms with van der Waals surface area (Å²) in [6.45, 7) is 2.66. The highest BCUT2D eigenvalue weighted by atomic mass is 16.5. The topological polar surface area (TPSA) is 97.8 Å². The van der Waals surface area contributed by atoms with E-state index in [4.69, 9.17) is 14.6 Å². The molecule has 0 saturated carbocycles. The number of hydrogen-bond acceptors (Lipinski definition) is 5. The van der Waals surface area contributed by atoms with E-state index in [1.165, 1.54) is 0 Å². The second-order valence-corrected chi connectivity index (χ2v) is 5.14. The third-order valence-electron chi connectivity index (χ3n) is 3.25. The molecule has 0 fully saturated rings. The van der Waals surface area contributed by atoms with E-state index in [-0.39, 0.29) is 18.9 Å². The fourth-order valence-corrected chi connectivity index (χ4v) is 2.07. The zero-order valence-corrected chi connectivity index (χ0v) is 13.9. The normalized spacial score (nSPS) is 10.1. The van der Waals surface area contributed by atoms with Gasteiger partial charge in [-0.15, -0.1) is 0 Å². The van der Waals surface area contributed by atoms with Crippen LogP contribution in [0.1, 0.15) is 29.3 Å². The molecule has 0 aliphatic rings. The third-order valence-corrected chi connectivity index (χ3v) is 3.25. The Labute approximate surface area is 145 Å². The van der Waals surface area contributed by atoms with E-state index >= 15 is 0 Å². The number of aromatic nitrogens is 1. The van der Waals surface area contributed by atoms with Gasteiger partial charge in [0.25, 0.3) is 5.91 Å². The van der Waals surface area contributed by atoms with Crippen molar-refractivity contribution in [2.45, 2.75) is 20.0 Å². The quantitative estimate of drug-likeness (QED) is 0.724. The molecule has 0 saturated heterocycles. The maximum atomic E-state index is 12.1. The highest BCUT2D eigenvalue weighted by molar-refractivity contribution is 5.95. The predicted octanol–water partition coefficient (Wildman–Crippen LogP) is 2.26. The Morgan fingerprint density at radius 1 is 1.20 bits per heavy atom. The number of carboxylic acids is 1. The fourth-order valence-electron chi connectivity index (χ4n) is 2.07. The number of carbonyl (C=O) groups is 2. The van der Waals surface area contributed by atoms with Crippen molar-refractivity contribution in [1.29, 1.82) is 0 Å². The molecule has 25 heavy (non-hydrogen) atoms. The maximum absolute atomic E-state index is 12.1. The highest BCUT2D eigenvalue weighted by Crippen LogP contribution is 2.29. The lowest BCUT2D eigenvalue weighted by Gasteiger charge is -2.13. The largest absolute Gasteiger partial charge is 0.490 e. The van der Waals surface area contributed by atoms with Crippen LogP contribution < -0.4 is 14.8 Å². The predicted molar refractivity (Wildman–Crippen MR) is 90.8 cm³/mol. The number of nitrogens with zero attached hydrogens (tertiary/aromatic N) is 1. The molecule has 1 aromatic carbocycles. The smallest absolute Gasteiger partial charge is 0.305 e. The summed E-state index contributed by atoms with van der Waals surface area (Å²) in [6, 6.07) is 8.58. The molecule has 0 spiro atoms. The van der Waals surface area contributed by atoms with Gasteiger partial charge in [-0.2, -0.15) is 0 Å². The van der Waals surface area contributed by atoms with Gasteiger partial charge in [0, 0.05) is 30.1 Å². The number of carbonyl (C=O) groups excluding carboxylic acids is 1. The first-order chi connectivity index (χ1) is 12.1. The second kappa shape index (κ2) is 9.27. The molecule has 0 radical (unpaired) electrons. The maximum Gasteiger partial charge on any atom is 0.305 e. The second-order valence-electron chi connectivity index (χ2n) is 5.14. The van der Waals surface area contributed by atoms with E-state index in [1.54, 1.807) is 30.6 Å². The SMILES string of the molecule is CCOc1cc(C(=O)NCCC(=O)O)ccc1OCc1cccnc1. The fraction of sp³-hybridized carbons (Fsp3) is 0.278. The van der Waals surface area contributed by atoms with E-state index in [9.17, 15) is 9.59 Å². The highest BCUT2D eigenvalue weighted by Gasteiger charge is 2.12. The van der Waals surface area contributed by atoms with Crippen molar-refractivity contribution < 1.29 is 24.2 Å². The number of nitrogens with one attached hydrogen (secondary N) is 1. The first-order valence-corrected chi connectivity index (χ1v) is 7.88. The Kier molecular flexibility index (Phi) is 6.76. The Morgan fingerprint density at radius 2 is 2.04 bits per heavy atom. The molecule has 1 aromatic heterocycles. The molecule has 2 rings (SSSR count). The van der Waals surface area contributed by atoms with Crippen molar-refractivity contribution in [3.8, 4) is 11.5 Å². The van der Waals surface area contributed by atoms with Crippen LogP contribution in [0.4, 0.5) is 0 Å². The van der Waals surface area contributed by atoms with Gasteiger partial charge < -0.3 is 19.9 Å². The molecule has 0 aliphatic heterocycles. The Morgan fingerprint density at radius 3 is 2.72 bits per heavy atom. The van der Waals surface area contributed by atoms with Crippen LogP contribution in [0.3, 0.4) is 0 Å². The summed E-state index contributed by atoms with van der Waals surface area (Å²) in [7, 11) is 0. The van der Waals surface area contributed by atoms with Crippen LogP contribution in [0.15, 0.2) is 42.7 Å². The van der Waals surface area contributed by atoms with Crippen molar-refractivity contribution in [1.82, 2.24) is 10.3 Å². The number of benzene rings is 1. The average Bonchev–Trinajstić information content (AvgIpc) is 2.61. The molecule has 0 unspecified atom stereocenters. The van der Waals surface area contributed by atoms with Gasteiger partial charge in [-0.25, -0.2) is 0 Å². The minimum Gasteiger partial charge on any atom is -0.490 e. The number of carboxylic acid groups (broad SMARTS) is 1. The first-order valence-electron chi connectivity index (χ1n) is 7.88. The van der Waals surface area contributed by atoms with Crippen molar-refractivity contribution in [2.24, 2.45) is 0 Å². The van der Waals surface area contributed by atoms with Crippen molar-refractivity contribution in [3.05, 3.63) is 53.9 Å². The zero-order chi connectivity index (χ0) is 18.1. The molecule has 7 nitrogen and oxygen atoms in total. The summed E-state index contributed by atoms with van der Waals surface area (Å²) < 4.78 is 11.3. The van der Waals surface area contributed by atoms with Crippen LogP contribution in [-0.2, 0) is 11.4 Å². The summed E-state index contributed by atoms with van der Waals surface area (Å²) in [5.74, 6) is -0.347. The molecule has 2 aromatic rings. The molecule has 0 atom stereocenters. The van der Waals surface area contributed by atoms with Crippen LogP contribution in [-0.4, -0.2) is 35.1 Å². The monoisotopic (exact) mass is 344 g/mol. The average molecular weight is 344 g/mol. The number of ether oxygens (including phenoxy) is 2. The van der Waals surface area contributed by atoms with Crippen molar-refractivity contribution in [2.75, 3.05) is 13.2 Å². The van der Waals surface area contributed by atoms with Gasteiger partial charge in [0.15, 0.2) is 11.5 Å². The summed E-state index contributed by atoms with van der Waals surface area (Å²) >= 11 is 0. The molecule has 1 amide bonds. The lowest BCUT2D eigenvalue weighted by Crippen LogP contribution is -2.26. The van der Waals surface area contributed by atoms with Gasteiger partial charge in [-0.1, -0.05) is 6.07 Å². The molecule has 132 valence electrons. The van der Waals surface area contributed by atoms with Gasteiger partial charge in [0.05, 0.1) is 13.0 Å². The third kappa shape index (κ3) is 5.80. The molecule has 0 bridgehead atoms. The lowest BCUT2D eigenvalue weighted by molar-refractivity contribution is -0.136. The minimum atomic E-state index is -0.963. The van der Waals surface area contributed by atoms with Crippen molar-refractivity contribution in [3.63, 3.8) is 0 Å². The summed E-state index contributed by atoms with van der Waals surface area (Å²) in [4.78, 5) is 26.6. The van der Waals surface area contributed by atoms with Gasteiger partial charge in [-0.3, -0.25) is 14.6 Å². The van der Waals surface area contributed by atoms with Crippen LogP contribution in [0.25, 0.3) is 0 Å². The molecular formula is C18H20N2O5. The first kappa shape index (κ1) is 18.3. The Balaban J connectivity index is 2.05. The summed E-state index contributed by atoms with van der Waals surface area (Å²) in [5.41, 5.74) is 1.29. The molecule has 0 aliphatic carbocycles. The number of rotatable bonds is 9. The van der Waals surface area contributed by atoms with E-state index in [0.29, 0.717) is 30.3 Å². The minimum absolute atomic E-state index is 0.0669. The molecular weight excluding hydrogens is 324 g/mol. The van der Waals surface area contributed by atoms with Gasteiger partial charge in [0.1, 0.15) is 6.61 Å². The van der Waals surface area contributed by atoms with Crippen molar-refractivity contribution >= 4 is 11.9 Å². The van der Waals surface area contributed by atoms with Crippen LogP contribution in [0.5, 0.6) is 11.5 Å². The Hall–Kier alpha value is -3.09. The Bertz CT molecular complexity index is 719. The van der Waals surface area contributed by atoms with Crippen LogP contribution >= 0.6 is 0 Å². The van der Waals surface area contributed by atoms with Crippen LogP contribution in [0, 0.1) is 0 Å². The number of pyridine rings is 1. The van der Waals surface area contributed by atoms with Gasteiger partial charge >= 0.3 is 5.97 Å². The van der Waals surface area contributed by atoms with Gasteiger partial charge in [-0.05, 0) is 31.2 Å². The van der Waals surface area contributed by atoms with E-state index in [0.717, 1.165) is 5.56 Å². The van der Waals surface area contributed by atoms with E-state index < -0.39 is 5.97 Å². The molecule has 1 heterocycles.